The fourth-order valence-corrected chi connectivity index (χ4v) is 1.36. The van der Waals surface area contributed by atoms with Crippen molar-refractivity contribution in [1.82, 2.24) is 0 Å². The summed E-state index contributed by atoms with van der Waals surface area (Å²) in [7, 11) is 0. The molecule has 4 N–H and O–H groups in total. The molecule has 0 saturated carbocycles. The van der Waals surface area contributed by atoms with E-state index in [1.807, 2.05) is 0 Å². The van der Waals surface area contributed by atoms with Gasteiger partial charge in [-0.15, -0.1) is 0 Å². The highest BCUT2D eigenvalue weighted by Crippen LogP contribution is 2.27. The van der Waals surface area contributed by atoms with Crippen LogP contribution in [0.4, 0.5) is 8.78 Å². The number of hydrogen-bond donors (Lipinski definition) is 2. The molecule has 0 aromatic heterocycles. The van der Waals surface area contributed by atoms with Crippen molar-refractivity contribution in [3.05, 3.63) is 0 Å². The summed E-state index contributed by atoms with van der Waals surface area (Å²) in [5, 5.41) is 0. The molecule has 4 heteroatoms. The molecule has 2 nitrogen and oxygen atoms in total. The molecule has 0 aliphatic heterocycles. The van der Waals surface area contributed by atoms with E-state index < -0.39 is 5.92 Å². The fraction of sp³-hybridized carbons (Fsp3) is 1.00. The van der Waals surface area contributed by atoms with Gasteiger partial charge in [0.05, 0.1) is 0 Å². The Balaban J connectivity index is 3.40. The number of unbranched alkanes of at least 4 members (excludes halogenated alkanes) is 3. The van der Waals surface area contributed by atoms with Crippen molar-refractivity contribution in [3.8, 4) is 0 Å². The van der Waals surface area contributed by atoms with Crippen LogP contribution in [0.15, 0.2) is 0 Å². The van der Waals surface area contributed by atoms with Crippen LogP contribution in [0.25, 0.3) is 0 Å². The van der Waals surface area contributed by atoms with E-state index in [2.05, 4.69) is 0 Å². The van der Waals surface area contributed by atoms with E-state index in [1.54, 1.807) is 0 Å². The Labute approximate surface area is 85.0 Å². The highest BCUT2D eigenvalue weighted by atomic mass is 19.3. The zero-order chi connectivity index (χ0) is 10.9. The molecule has 0 amide bonds. The lowest BCUT2D eigenvalue weighted by Crippen LogP contribution is -2.16. The molecule has 0 fully saturated rings. The van der Waals surface area contributed by atoms with E-state index in [0.717, 1.165) is 12.8 Å². The average Bonchev–Trinajstić information content (AvgIpc) is 2.13. The van der Waals surface area contributed by atoms with Crippen LogP contribution in [0, 0.1) is 0 Å². The summed E-state index contributed by atoms with van der Waals surface area (Å²) in [4.78, 5) is 0. The first-order chi connectivity index (χ1) is 6.62. The van der Waals surface area contributed by atoms with Gasteiger partial charge in [-0.3, -0.25) is 0 Å². The van der Waals surface area contributed by atoms with Crippen LogP contribution < -0.4 is 11.5 Å². The molecule has 0 rings (SSSR count). The second-order valence-electron chi connectivity index (χ2n) is 3.70. The number of rotatable bonds is 9. The summed E-state index contributed by atoms with van der Waals surface area (Å²) < 4.78 is 26.2. The van der Waals surface area contributed by atoms with E-state index in [-0.39, 0.29) is 12.8 Å². The molecule has 0 saturated heterocycles. The molecule has 14 heavy (non-hydrogen) atoms. The van der Waals surface area contributed by atoms with Crippen LogP contribution in [0.2, 0.25) is 0 Å². The molecular formula is C10H22F2N2. The summed E-state index contributed by atoms with van der Waals surface area (Å²) >= 11 is 0. The predicted molar refractivity (Wildman–Crippen MR) is 55.4 cm³/mol. The lowest BCUT2D eigenvalue weighted by Gasteiger charge is -2.15. The molecule has 0 radical (unpaired) electrons. The molecule has 0 spiro atoms. The van der Waals surface area contributed by atoms with Gasteiger partial charge in [-0.05, 0) is 38.8 Å². The van der Waals surface area contributed by atoms with Gasteiger partial charge in [-0.1, -0.05) is 6.42 Å². The maximum absolute atomic E-state index is 13.1. The molecule has 86 valence electrons. The molecule has 0 heterocycles. The summed E-state index contributed by atoms with van der Waals surface area (Å²) in [5.74, 6) is -2.50. The first-order valence-corrected chi connectivity index (χ1v) is 5.40. The minimum absolute atomic E-state index is 0.00241. The fourth-order valence-electron chi connectivity index (χ4n) is 1.36. The maximum Gasteiger partial charge on any atom is 0.248 e. The van der Waals surface area contributed by atoms with Crippen molar-refractivity contribution in [2.45, 2.75) is 50.9 Å². The molecule has 0 aliphatic rings. The van der Waals surface area contributed by atoms with Gasteiger partial charge in [-0.2, -0.15) is 0 Å². The third kappa shape index (κ3) is 8.38. The molecule has 0 unspecified atom stereocenters. The summed E-state index contributed by atoms with van der Waals surface area (Å²) in [6, 6.07) is 0. The molecule has 0 aromatic rings. The van der Waals surface area contributed by atoms with Crippen molar-refractivity contribution in [2.75, 3.05) is 13.1 Å². The van der Waals surface area contributed by atoms with E-state index >= 15 is 0 Å². The normalized spacial score (nSPS) is 12.0. The van der Waals surface area contributed by atoms with Crippen molar-refractivity contribution in [1.29, 1.82) is 0 Å². The van der Waals surface area contributed by atoms with Crippen LogP contribution in [0.5, 0.6) is 0 Å². The van der Waals surface area contributed by atoms with E-state index in [1.165, 1.54) is 0 Å². The highest BCUT2D eigenvalue weighted by Gasteiger charge is 2.26. The SMILES string of the molecule is NCCCCCC(F)(F)CCCCN. The third-order valence-electron chi connectivity index (χ3n) is 2.24. The monoisotopic (exact) mass is 208 g/mol. The van der Waals surface area contributed by atoms with Crippen LogP contribution >= 0.6 is 0 Å². The smallest absolute Gasteiger partial charge is 0.248 e. The van der Waals surface area contributed by atoms with Gasteiger partial charge in [0.25, 0.3) is 0 Å². The average molecular weight is 208 g/mol. The minimum atomic E-state index is -2.50. The molecule has 0 aromatic carbocycles. The molecule has 0 bridgehead atoms. The van der Waals surface area contributed by atoms with Crippen LogP contribution in [0.1, 0.15) is 44.9 Å². The largest absolute Gasteiger partial charge is 0.330 e. The maximum atomic E-state index is 13.1. The first kappa shape index (κ1) is 13.8. The Bertz CT molecular complexity index is 129. The van der Waals surface area contributed by atoms with Crippen LogP contribution in [-0.4, -0.2) is 19.0 Å². The summed E-state index contributed by atoms with van der Waals surface area (Å²) in [6.45, 7) is 1.10. The predicted octanol–water partition coefficient (Wildman–Crippen LogP) is 2.27. The quantitative estimate of drug-likeness (QED) is 0.571. The van der Waals surface area contributed by atoms with Crippen molar-refractivity contribution < 1.29 is 8.78 Å². The van der Waals surface area contributed by atoms with Gasteiger partial charge < -0.3 is 11.5 Å². The Morgan fingerprint density at radius 2 is 1.14 bits per heavy atom. The number of alkyl halides is 2. The summed E-state index contributed by atoms with van der Waals surface area (Å²) in [6.07, 6.45) is 3.43. The topological polar surface area (TPSA) is 52.0 Å². The summed E-state index contributed by atoms with van der Waals surface area (Å²) in [5.41, 5.74) is 10.5. The van der Waals surface area contributed by atoms with E-state index in [0.29, 0.717) is 32.4 Å². The van der Waals surface area contributed by atoms with Gasteiger partial charge in [0, 0.05) is 12.8 Å². The van der Waals surface area contributed by atoms with Crippen molar-refractivity contribution >= 4 is 0 Å². The number of hydrogen-bond acceptors (Lipinski definition) is 2. The first-order valence-electron chi connectivity index (χ1n) is 5.40. The van der Waals surface area contributed by atoms with E-state index in [9.17, 15) is 8.78 Å². The molecule has 0 aliphatic carbocycles. The van der Waals surface area contributed by atoms with Crippen molar-refractivity contribution in [2.24, 2.45) is 11.5 Å². The lowest BCUT2D eigenvalue weighted by atomic mass is 10.0. The highest BCUT2D eigenvalue weighted by molar-refractivity contribution is 4.66. The molecular weight excluding hydrogens is 186 g/mol. The van der Waals surface area contributed by atoms with Gasteiger partial charge in [0.2, 0.25) is 5.92 Å². The second-order valence-corrected chi connectivity index (χ2v) is 3.70. The van der Waals surface area contributed by atoms with Gasteiger partial charge in [0.15, 0.2) is 0 Å². The number of nitrogens with two attached hydrogens (primary N) is 2. The molecule has 0 atom stereocenters. The second kappa shape index (κ2) is 8.12. The van der Waals surface area contributed by atoms with Crippen LogP contribution in [0.3, 0.4) is 0 Å². The van der Waals surface area contributed by atoms with Gasteiger partial charge >= 0.3 is 0 Å². The Kier molecular flexibility index (Phi) is 7.99. The lowest BCUT2D eigenvalue weighted by molar-refractivity contribution is -0.0203. The van der Waals surface area contributed by atoms with Crippen LogP contribution in [-0.2, 0) is 0 Å². The van der Waals surface area contributed by atoms with Crippen molar-refractivity contribution in [3.63, 3.8) is 0 Å². The zero-order valence-corrected chi connectivity index (χ0v) is 8.77. The van der Waals surface area contributed by atoms with E-state index in [4.69, 9.17) is 11.5 Å². The Morgan fingerprint density at radius 1 is 0.714 bits per heavy atom. The zero-order valence-electron chi connectivity index (χ0n) is 8.77. The Hall–Kier alpha value is -0.220. The number of halogens is 2. The Morgan fingerprint density at radius 3 is 1.64 bits per heavy atom. The van der Waals surface area contributed by atoms with Gasteiger partial charge in [-0.25, -0.2) is 8.78 Å². The standard InChI is InChI=1S/C10H22F2N2/c11-10(12,7-3-5-9-14)6-2-1-4-8-13/h1-9,13-14H2. The minimum Gasteiger partial charge on any atom is -0.330 e. The van der Waals surface area contributed by atoms with Gasteiger partial charge in [0.1, 0.15) is 0 Å². The third-order valence-corrected chi connectivity index (χ3v) is 2.24.